The van der Waals surface area contributed by atoms with Gasteiger partial charge in [0.05, 0.1) is 6.10 Å². The second-order valence-electron chi connectivity index (χ2n) is 3.69. The van der Waals surface area contributed by atoms with Crippen molar-refractivity contribution in [3.63, 3.8) is 0 Å². The SMILES string of the molecule is C[B]c1ccc2c(c1C)CC[C@H]2O. The second-order valence-corrected chi connectivity index (χ2v) is 3.69. The van der Waals surface area contributed by atoms with Gasteiger partial charge in [-0.25, -0.2) is 0 Å². The van der Waals surface area contributed by atoms with Crippen LogP contribution < -0.4 is 5.46 Å². The molecule has 0 saturated heterocycles. The molecule has 1 radical (unpaired) electrons. The maximum absolute atomic E-state index is 9.66. The van der Waals surface area contributed by atoms with Crippen LogP contribution in [0.15, 0.2) is 12.1 Å². The van der Waals surface area contributed by atoms with E-state index in [1.165, 1.54) is 16.6 Å². The first kappa shape index (κ1) is 8.83. The maximum atomic E-state index is 9.66. The zero-order valence-corrected chi connectivity index (χ0v) is 8.17. The van der Waals surface area contributed by atoms with Gasteiger partial charge in [0.1, 0.15) is 7.28 Å². The maximum Gasteiger partial charge on any atom is 0.148 e. The van der Waals surface area contributed by atoms with Gasteiger partial charge in [0.2, 0.25) is 0 Å². The molecular weight excluding hydrogens is 159 g/mol. The lowest BCUT2D eigenvalue weighted by atomic mass is 9.70. The molecule has 1 atom stereocenters. The monoisotopic (exact) mass is 173 g/mol. The number of rotatable bonds is 1. The van der Waals surface area contributed by atoms with E-state index in [4.69, 9.17) is 0 Å². The molecule has 1 aliphatic carbocycles. The van der Waals surface area contributed by atoms with Crippen molar-refractivity contribution in [2.45, 2.75) is 32.7 Å². The van der Waals surface area contributed by atoms with Crippen molar-refractivity contribution in [3.05, 3.63) is 28.8 Å². The Morgan fingerprint density at radius 3 is 2.92 bits per heavy atom. The number of aliphatic hydroxyl groups is 1. The van der Waals surface area contributed by atoms with Crippen LogP contribution >= 0.6 is 0 Å². The Morgan fingerprint density at radius 2 is 2.23 bits per heavy atom. The van der Waals surface area contributed by atoms with E-state index >= 15 is 0 Å². The van der Waals surface area contributed by atoms with Crippen LogP contribution in [0.3, 0.4) is 0 Å². The molecule has 67 valence electrons. The number of hydrogen-bond donors (Lipinski definition) is 1. The van der Waals surface area contributed by atoms with Crippen LogP contribution in [0.5, 0.6) is 0 Å². The lowest BCUT2D eigenvalue weighted by Gasteiger charge is -2.10. The second kappa shape index (κ2) is 3.19. The third-order valence-electron chi connectivity index (χ3n) is 3.01. The molecular formula is C11H14BO. The molecule has 2 heteroatoms. The van der Waals surface area contributed by atoms with Gasteiger partial charge in [-0.2, -0.15) is 0 Å². The van der Waals surface area contributed by atoms with Crippen molar-refractivity contribution in [1.29, 1.82) is 0 Å². The van der Waals surface area contributed by atoms with E-state index in [2.05, 4.69) is 33.2 Å². The average molecular weight is 173 g/mol. The molecule has 2 rings (SSSR count). The van der Waals surface area contributed by atoms with E-state index in [1.807, 2.05) is 0 Å². The molecule has 0 aromatic heterocycles. The fraction of sp³-hybridized carbons (Fsp3) is 0.455. The third kappa shape index (κ3) is 1.29. The predicted molar refractivity (Wildman–Crippen MR) is 55.7 cm³/mol. The zero-order valence-electron chi connectivity index (χ0n) is 8.17. The number of benzene rings is 1. The van der Waals surface area contributed by atoms with Gasteiger partial charge < -0.3 is 5.11 Å². The summed E-state index contributed by atoms with van der Waals surface area (Å²) in [5.74, 6) is 0. The first-order valence-corrected chi connectivity index (χ1v) is 4.84. The van der Waals surface area contributed by atoms with E-state index in [0.717, 1.165) is 18.4 Å². The number of aliphatic hydroxyl groups excluding tert-OH is 1. The summed E-state index contributed by atoms with van der Waals surface area (Å²) in [5.41, 5.74) is 5.15. The Kier molecular flexibility index (Phi) is 2.16. The van der Waals surface area contributed by atoms with Crippen LogP contribution in [0.1, 0.15) is 29.2 Å². The summed E-state index contributed by atoms with van der Waals surface area (Å²) in [6.45, 7) is 4.20. The molecule has 0 amide bonds. The zero-order chi connectivity index (χ0) is 9.42. The van der Waals surface area contributed by atoms with E-state index in [9.17, 15) is 5.11 Å². The van der Waals surface area contributed by atoms with Gasteiger partial charge in [-0.3, -0.25) is 0 Å². The van der Waals surface area contributed by atoms with E-state index < -0.39 is 0 Å². The fourth-order valence-corrected chi connectivity index (χ4v) is 2.19. The molecule has 0 aliphatic heterocycles. The first-order chi connectivity index (χ1) is 6.24. The van der Waals surface area contributed by atoms with Crippen molar-refractivity contribution in [2.75, 3.05) is 0 Å². The summed E-state index contributed by atoms with van der Waals surface area (Å²) in [6.07, 6.45) is 1.70. The number of fused-ring (bicyclic) bond motifs is 1. The molecule has 0 saturated carbocycles. The van der Waals surface area contributed by atoms with Crippen molar-refractivity contribution in [1.82, 2.24) is 0 Å². The minimum atomic E-state index is -0.223. The van der Waals surface area contributed by atoms with Crippen LogP contribution in [-0.4, -0.2) is 12.4 Å². The molecule has 0 unspecified atom stereocenters. The van der Waals surface area contributed by atoms with Crippen LogP contribution in [0.2, 0.25) is 6.82 Å². The highest BCUT2D eigenvalue weighted by atomic mass is 16.3. The predicted octanol–water partition coefficient (Wildman–Crippen LogP) is 1.35. The normalized spacial score (nSPS) is 20.1. The summed E-state index contributed by atoms with van der Waals surface area (Å²) in [6, 6.07) is 4.16. The highest BCUT2D eigenvalue weighted by Gasteiger charge is 2.22. The fourth-order valence-electron chi connectivity index (χ4n) is 2.19. The van der Waals surface area contributed by atoms with E-state index in [-0.39, 0.29) is 6.10 Å². The minimum Gasteiger partial charge on any atom is -0.388 e. The highest BCUT2D eigenvalue weighted by molar-refractivity contribution is 6.52. The number of hydrogen-bond acceptors (Lipinski definition) is 1. The summed E-state index contributed by atoms with van der Waals surface area (Å²) in [7, 11) is 2.13. The lowest BCUT2D eigenvalue weighted by Crippen LogP contribution is -2.16. The van der Waals surface area contributed by atoms with Gasteiger partial charge in [-0.1, -0.05) is 30.0 Å². The van der Waals surface area contributed by atoms with Crippen molar-refractivity contribution < 1.29 is 5.11 Å². The smallest absolute Gasteiger partial charge is 0.148 e. The Bertz CT molecular complexity index is 333. The van der Waals surface area contributed by atoms with Gasteiger partial charge in [0, 0.05) is 0 Å². The molecule has 13 heavy (non-hydrogen) atoms. The van der Waals surface area contributed by atoms with Gasteiger partial charge in [-0.05, 0) is 30.9 Å². The summed E-state index contributed by atoms with van der Waals surface area (Å²) < 4.78 is 0. The molecule has 0 spiro atoms. The lowest BCUT2D eigenvalue weighted by molar-refractivity contribution is 0.180. The van der Waals surface area contributed by atoms with Crippen LogP contribution in [-0.2, 0) is 6.42 Å². The van der Waals surface area contributed by atoms with Gasteiger partial charge in [0.25, 0.3) is 0 Å². The Balaban J connectivity index is 2.54. The van der Waals surface area contributed by atoms with Crippen LogP contribution in [0.4, 0.5) is 0 Å². The summed E-state index contributed by atoms with van der Waals surface area (Å²) in [4.78, 5) is 0. The topological polar surface area (TPSA) is 20.2 Å². The van der Waals surface area contributed by atoms with Crippen molar-refractivity contribution >= 4 is 12.7 Å². The molecule has 1 nitrogen and oxygen atoms in total. The third-order valence-corrected chi connectivity index (χ3v) is 3.01. The summed E-state index contributed by atoms with van der Waals surface area (Å²) in [5, 5.41) is 9.66. The van der Waals surface area contributed by atoms with Crippen molar-refractivity contribution in [2.24, 2.45) is 0 Å². The van der Waals surface area contributed by atoms with Gasteiger partial charge in [-0.15, -0.1) is 0 Å². The molecule has 1 aromatic rings. The standard InChI is InChI=1S/C11H14BO/c1-7-8-4-6-11(13)9(8)3-5-10(7)12-2/h3,5,11,13H,4,6H2,1-2H3/t11-/m1/s1. The Hall–Kier alpha value is -0.755. The molecule has 0 heterocycles. The molecule has 1 N–H and O–H groups in total. The quantitative estimate of drug-likeness (QED) is 0.635. The molecule has 0 bridgehead atoms. The minimum absolute atomic E-state index is 0.223. The molecule has 1 aliphatic rings. The van der Waals surface area contributed by atoms with Gasteiger partial charge >= 0.3 is 0 Å². The first-order valence-electron chi connectivity index (χ1n) is 4.84. The molecule has 0 fully saturated rings. The Morgan fingerprint density at radius 1 is 1.46 bits per heavy atom. The summed E-state index contributed by atoms with van der Waals surface area (Å²) >= 11 is 0. The largest absolute Gasteiger partial charge is 0.388 e. The Labute approximate surface area is 80.0 Å². The average Bonchev–Trinajstić information content (AvgIpc) is 2.50. The van der Waals surface area contributed by atoms with Crippen molar-refractivity contribution in [3.8, 4) is 0 Å². The van der Waals surface area contributed by atoms with Crippen LogP contribution in [0.25, 0.3) is 0 Å². The van der Waals surface area contributed by atoms with E-state index in [0.29, 0.717) is 0 Å². The van der Waals surface area contributed by atoms with E-state index in [1.54, 1.807) is 0 Å². The highest BCUT2D eigenvalue weighted by Crippen LogP contribution is 2.31. The van der Waals surface area contributed by atoms with Crippen LogP contribution in [0, 0.1) is 6.92 Å². The molecule has 1 aromatic carbocycles. The van der Waals surface area contributed by atoms with Gasteiger partial charge in [0.15, 0.2) is 0 Å².